The van der Waals surface area contributed by atoms with Gasteiger partial charge in [-0.05, 0) is 13.3 Å². The number of aromatic nitrogens is 4. The Balaban J connectivity index is 1.42. The standard InChI is InChI=1S/C15H20N6O2S/c1-10-17-15(24-19-10)21-5-3-20(4-6-21)14(22)12-8-16-18-13(12)11-2-7-23-9-11/h8,11H,2-7,9H2,1H3,(H,16,18). The van der Waals surface area contributed by atoms with Crippen LogP contribution in [0, 0.1) is 6.92 Å². The summed E-state index contributed by atoms with van der Waals surface area (Å²) in [5, 5.41) is 8.03. The maximum absolute atomic E-state index is 12.9. The predicted octanol–water partition coefficient (Wildman–Crippen LogP) is 1.04. The minimum Gasteiger partial charge on any atom is -0.381 e. The summed E-state index contributed by atoms with van der Waals surface area (Å²) in [7, 11) is 0. The second-order valence-corrected chi connectivity index (χ2v) is 6.89. The number of hydrogen-bond donors (Lipinski definition) is 1. The lowest BCUT2D eigenvalue weighted by atomic mass is 10.0. The molecule has 9 heteroatoms. The van der Waals surface area contributed by atoms with Crippen LogP contribution in [0.2, 0.25) is 0 Å². The highest BCUT2D eigenvalue weighted by molar-refractivity contribution is 7.09. The molecule has 2 aromatic rings. The number of aryl methyl sites for hydroxylation is 1. The molecule has 1 amide bonds. The second kappa shape index (κ2) is 6.48. The number of hydrogen-bond acceptors (Lipinski definition) is 7. The lowest BCUT2D eigenvalue weighted by molar-refractivity contribution is 0.0745. The molecule has 0 spiro atoms. The molecule has 0 aromatic carbocycles. The largest absolute Gasteiger partial charge is 0.381 e. The first-order valence-corrected chi connectivity index (χ1v) is 8.95. The highest BCUT2D eigenvalue weighted by Crippen LogP contribution is 2.27. The highest BCUT2D eigenvalue weighted by atomic mass is 32.1. The molecule has 1 N–H and O–H groups in total. The first-order chi connectivity index (χ1) is 11.7. The van der Waals surface area contributed by atoms with Crippen molar-refractivity contribution < 1.29 is 9.53 Å². The molecule has 4 rings (SSSR count). The van der Waals surface area contributed by atoms with Crippen LogP contribution >= 0.6 is 11.5 Å². The lowest BCUT2D eigenvalue weighted by Crippen LogP contribution is -2.49. The number of aromatic amines is 1. The van der Waals surface area contributed by atoms with Crippen molar-refractivity contribution in [2.45, 2.75) is 19.3 Å². The smallest absolute Gasteiger partial charge is 0.257 e. The molecule has 24 heavy (non-hydrogen) atoms. The van der Waals surface area contributed by atoms with Gasteiger partial charge in [0.2, 0.25) is 5.13 Å². The van der Waals surface area contributed by atoms with E-state index in [1.165, 1.54) is 11.5 Å². The monoisotopic (exact) mass is 348 g/mol. The molecule has 0 saturated carbocycles. The SMILES string of the molecule is Cc1nsc(N2CCN(C(=O)c3cn[nH]c3C3CCOC3)CC2)n1. The first kappa shape index (κ1) is 15.5. The van der Waals surface area contributed by atoms with Crippen LogP contribution in [-0.2, 0) is 4.74 Å². The number of nitrogens with one attached hydrogen (secondary N) is 1. The van der Waals surface area contributed by atoms with Gasteiger partial charge in [0.25, 0.3) is 5.91 Å². The van der Waals surface area contributed by atoms with Crippen molar-refractivity contribution >= 4 is 22.6 Å². The molecule has 2 aliphatic rings. The van der Waals surface area contributed by atoms with E-state index < -0.39 is 0 Å². The van der Waals surface area contributed by atoms with Crippen LogP contribution in [0.25, 0.3) is 0 Å². The summed E-state index contributed by atoms with van der Waals surface area (Å²) in [5.41, 5.74) is 1.60. The minimum absolute atomic E-state index is 0.0544. The third-order valence-electron chi connectivity index (χ3n) is 4.59. The van der Waals surface area contributed by atoms with Gasteiger partial charge in [0.05, 0.1) is 24.1 Å². The number of anilines is 1. The summed E-state index contributed by atoms with van der Waals surface area (Å²) >= 11 is 1.42. The Morgan fingerprint density at radius 2 is 2.21 bits per heavy atom. The summed E-state index contributed by atoms with van der Waals surface area (Å²) < 4.78 is 9.66. The quantitative estimate of drug-likeness (QED) is 0.892. The van der Waals surface area contributed by atoms with E-state index in [9.17, 15) is 4.79 Å². The van der Waals surface area contributed by atoms with Crippen molar-refractivity contribution in [1.82, 2.24) is 24.5 Å². The lowest BCUT2D eigenvalue weighted by Gasteiger charge is -2.34. The van der Waals surface area contributed by atoms with Gasteiger partial charge in [0.1, 0.15) is 5.82 Å². The minimum atomic E-state index is 0.0544. The van der Waals surface area contributed by atoms with Crippen LogP contribution in [0.1, 0.15) is 34.2 Å². The van der Waals surface area contributed by atoms with Gasteiger partial charge in [-0.25, -0.2) is 4.98 Å². The molecule has 0 aliphatic carbocycles. The first-order valence-electron chi connectivity index (χ1n) is 8.18. The fourth-order valence-electron chi connectivity index (χ4n) is 3.23. The number of amides is 1. The molecule has 2 fully saturated rings. The zero-order chi connectivity index (χ0) is 16.5. The van der Waals surface area contributed by atoms with Gasteiger partial charge >= 0.3 is 0 Å². The van der Waals surface area contributed by atoms with Gasteiger partial charge in [-0.2, -0.15) is 9.47 Å². The Morgan fingerprint density at radius 3 is 2.88 bits per heavy atom. The fraction of sp³-hybridized carbons (Fsp3) is 0.600. The average molecular weight is 348 g/mol. The topological polar surface area (TPSA) is 87.2 Å². The number of rotatable bonds is 3. The van der Waals surface area contributed by atoms with Crippen LogP contribution < -0.4 is 4.90 Å². The highest BCUT2D eigenvalue weighted by Gasteiger charge is 2.29. The molecule has 1 atom stereocenters. The van der Waals surface area contributed by atoms with E-state index in [0.29, 0.717) is 25.3 Å². The fourth-order valence-corrected chi connectivity index (χ4v) is 3.95. The van der Waals surface area contributed by atoms with E-state index >= 15 is 0 Å². The third-order valence-corrected chi connectivity index (χ3v) is 5.46. The average Bonchev–Trinajstić information content (AvgIpc) is 3.35. The van der Waals surface area contributed by atoms with Crippen LogP contribution in [0.3, 0.4) is 0 Å². The maximum atomic E-state index is 12.9. The van der Waals surface area contributed by atoms with Crippen LogP contribution in [0.15, 0.2) is 6.20 Å². The normalized spacial score (nSPS) is 21.5. The van der Waals surface area contributed by atoms with E-state index in [4.69, 9.17) is 4.74 Å². The molecule has 2 aromatic heterocycles. The van der Waals surface area contributed by atoms with Gasteiger partial charge in [0.15, 0.2) is 0 Å². The molecule has 0 bridgehead atoms. The second-order valence-electron chi connectivity index (χ2n) is 6.16. The molecule has 8 nitrogen and oxygen atoms in total. The van der Waals surface area contributed by atoms with Crippen molar-refractivity contribution in [3.8, 4) is 0 Å². The maximum Gasteiger partial charge on any atom is 0.257 e. The molecule has 128 valence electrons. The number of nitrogens with zero attached hydrogens (tertiary/aromatic N) is 5. The van der Waals surface area contributed by atoms with E-state index in [2.05, 4.69) is 24.5 Å². The number of H-pyrrole nitrogens is 1. The van der Waals surface area contributed by atoms with Gasteiger partial charge in [-0.1, -0.05) is 0 Å². The summed E-state index contributed by atoms with van der Waals surface area (Å²) in [6, 6.07) is 0. The van der Waals surface area contributed by atoms with Gasteiger partial charge in [0, 0.05) is 50.2 Å². The molecule has 2 saturated heterocycles. The van der Waals surface area contributed by atoms with E-state index in [-0.39, 0.29) is 11.8 Å². The van der Waals surface area contributed by atoms with Crippen molar-refractivity contribution in [3.63, 3.8) is 0 Å². The van der Waals surface area contributed by atoms with Crippen LogP contribution in [-0.4, -0.2) is 69.8 Å². The number of carbonyl (C=O) groups excluding carboxylic acids is 1. The van der Waals surface area contributed by atoms with E-state index in [1.54, 1.807) is 6.20 Å². The Morgan fingerprint density at radius 1 is 1.38 bits per heavy atom. The molecular formula is C15H20N6O2S. The van der Waals surface area contributed by atoms with E-state index in [0.717, 1.165) is 42.8 Å². The Labute approximate surface area is 144 Å². The summed E-state index contributed by atoms with van der Waals surface area (Å²) in [6.45, 7) is 6.23. The summed E-state index contributed by atoms with van der Waals surface area (Å²) in [4.78, 5) is 21.4. The molecular weight excluding hydrogens is 328 g/mol. The molecule has 1 unspecified atom stereocenters. The van der Waals surface area contributed by atoms with Crippen molar-refractivity contribution in [2.24, 2.45) is 0 Å². The molecule has 2 aliphatic heterocycles. The van der Waals surface area contributed by atoms with Crippen molar-refractivity contribution in [3.05, 3.63) is 23.3 Å². The van der Waals surface area contributed by atoms with Crippen molar-refractivity contribution in [1.29, 1.82) is 0 Å². The van der Waals surface area contributed by atoms with Crippen LogP contribution in [0.4, 0.5) is 5.13 Å². The summed E-state index contributed by atoms with van der Waals surface area (Å²) in [5.74, 6) is 1.10. The Hall–Kier alpha value is -2.00. The Kier molecular flexibility index (Phi) is 4.19. The Bertz CT molecular complexity index is 715. The number of piperazine rings is 1. The summed E-state index contributed by atoms with van der Waals surface area (Å²) in [6.07, 6.45) is 2.59. The molecule has 0 radical (unpaired) electrons. The van der Waals surface area contributed by atoms with Gasteiger partial charge in [-0.3, -0.25) is 9.89 Å². The van der Waals surface area contributed by atoms with Gasteiger partial charge in [-0.15, -0.1) is 0 Å². The zero-order valence-corrected chi connectivity index (χ0v) is 14.4. The van der Waals surface area contributed by atoms with E-state index in [1.807, 2.05) is 11.8 Å². The van der Waals surface area contributed by atoms with Gasteiger partial charge < -0.3 is 14.5 Å². The van der Waals surface area contributed by atoms with Crippen molar-refractivity contribution in [2.75, 3.05) is 44.3 Å². The predicted molar refractivity (Wildman–Crippen MR) is 89.5 cm³/mol. The third kappa shape index (κ3) is 2.89. The van der Waals surface area contributed by atoms with Crippen LogP contribution in [0.5, 0.6) is 0 Å². The number of ether oxygens (including phenoxy) is 1. The molecule has 4 heterocycles. The zero-order valence-electron chi connectivity index (χ0n) is 13.6. The number of carbonyl (C=O) groups is 1.